The lowest BCUT2D eigenvalue weighted by Crippen LogP contribution is -1.97. The molecule has 2 rings (SSSR count). The van der Waals surface area contributed by atoms with Crippen LogP contribution in [0.1, 0.15) is 25.1 Å². The Hall–Kier alpha value is -1.57. The largest absolute Gasteiger partial charge is 0.238 e. The van der Waals surface area contributed by atoms with Crippen LogP contribution in [-0.4, -0.2) is 9.78 Å². The number of aryl methyl sites for hydroxylation is 1. The fraction of sp³-hybridized carbons (Fsp3) is 0.308. The van der Waals surface area contributed by atoms with Crippen LogP contribution in [0.15, 0.2) is 36.5 Å². The van der Waals surface area contributed by atoms with Crippen LogP contribution in [0.3, 0.4) is 0 Å². The fourth-order valence-corrected chi connectivity index (χ4v) is 1.32. The van der Waals surface area contributed by atoms with Crippen LogP contribution in [0.5, 0.6) is 0 Å². The van der Waals surface area contributed by atoms with Crippen LogP contribution in [-0.2, 0) is 0 Å². The molecule has 2 heteroatoms. The molecule has 0 unspecified atom stereocenters. The number of para-hydroxylation sites is 1. The zero-order valence-electron chi connectivity index (χ0n) is 9.86. The van der Waals surface area contributed by atoms with E-state index < -0.39 is 0 Å². The molecule has 0 amide bonds. The van der Waals surface area contributed by atoms with E-state index in [1.165, 1.54) is 11.3 Å². The highest BCUT2D eigenvalue weighted by molar-refractivity contribution is 5.33. The summed E-state index contributed by atoms with van der Waals surface area (Å²) in [5.41, 5.74) is 3.54. The zero-order valence-corrected chi connectivity index (χ0v) is 9.86. The fourth-order valence-electron chi connectivity index (χ4n) is 1.32. The Balaban J connectivity index is 0.000000531. The van der Waals surface area contributed by atoms with Crippen molar-refractivity contribution >= 4 is 0 Å². The van der Waals surface area contributed by atoms with Crippen LogP contribution < -0.4 is 0 Å². The van der Waals surface area contributed by atoms with Gasteiger partial charge in [-0.15, -0.1) is 0 Å². The molecule has 0 spiro atoms. The maximum atomic E-state index is 4.30. The summed E-state index contributed by atoms with van der Waals surface area (Å²) in [6.07, 6.45) is 1.89. The third-order valence-corrected chi connectivity index (χ3v) is 2.26. The van der Waals surface area contributed by atoms with Crippen LogP contribution >= 0.6 is 0 Å². The number of nitrogens with zero attached hydrogens (tertiary/aromatic N) is 2. The average molecular weight is 202 g/mol. The molecule has 15 heavy (non-hydrogen) atoms. The Kier molecular flexibility index (Phi) is 4.10. The van der Waals surface area contributed by atoms with Crippen molar-refractivity contribution in [3.05, 3.63) is 47.8 Å². The van der Waals surface area contributed by atoms with Crippen molar-refractivity contribution in [3.8, 4) is 5.69 Å². The predicted octanol–water partition coefficient (Wildman–Crippen LogP) is 3.52. The molecule has 1 heterocycles. The number of hydrogen-bond donors (Lipinski definition) is 0. The predicted molar refractivity (Wildman–Crippen MR) is 64.4 cm³/mol. The molecular weight excluding hydrogens is 184 g/mol. The van der Waals surface area contributed by atoms with Gasteiger partial charge in [0.25, 0.3) is 0 Å². The van der Waals surface area contributed by atoms with Gasteiger partial charge in [0.2, 0.25) is 0 Å². The quantitative estimate of drug-likeness (QED) is 0.692. The van der Waals surface area contributed by atoms with Gasteiger partial charge in [0, 0.05) is 5.69 Å². The summed E-state index contributed by atoms with van der Waals surface area (Å²) in [5.74, 6) is 0. The van der Waals surface area contributed by atoms with E-state index in [9.17, 15) is 0 Å². The first-order chi connectivity index (χ1) is 7.29. The SMILES string of the molecule is CC.Cc1cnn(-c2ccccc2)c1C. The van der Waals surface area contributed by atoms with Crippen molar-refractivity contribution in [2.75, 3.05) is 0 Å². The second-order valence-electron chi connectivity index (χ2n) is 3.16. The first-order valence-corrected chi connectivity index (χ1v) is 5.35. The molecule has 0 saturated carbocycles. The zero-order chi connectivity index (χ0) is 11.3. The molecular formula is C13H18N2. The molecule has 0 aliphatic heterocycles. The Morgan fingerprint density at radius 2 is 1.60 bits per heavy atom. The van der Waals surface area contributed by atoms with E-state index in [2.05, 4.69) is 31.1 Å². The van der Waals surface area contributed by atoms with Gasteiger partial charge < -0.3 is 0 Å². The first-order valence-electron chi connectivity index (χ1n) is 5.35. The maximum Gasteiger partial charge on any atom is 0.0648 e. The van der Waals surface area contributed by atoms with Gasteiger partial charge in [0.1, 0.15) is 0 Å². The van der Waals surface area contributed by atoms with E-state index in [4.69, 9.17) is 0 Å². The third kappa shape index (κ3) is 2.46. The van der Waals surface area contributed by atoms with Gasteiger partial charge in [-0.2, -0.15) is 5.10 Å². The van der Waals surface area contributed by atoms with Crippen molar-refractivity contribution in [3.63, 3.8) is 0 Å². The van der Waals surface area contributed by atoms with Crippen molar-refractivity contribution in [1.82, 2.24) is 9.78 Å². The van der Waals surface area contributed by atoms with Gasteiger partial charge in [-0.1, -0.05) is 32.0 Å². The lowest BCUT2D eigenvalue weighted by Gasteiger charge is -2.03. The van der Waals surface area contributed by atoms with Crippen LogP contribution in [0, 0.1) is 13.8 Å². The van der Waals surface area contributed by atoms with E-state index in [-0.39, 0.29) is 0 Å². The normalized spacial score (nSPS) is 9.33. The summed E-state index contributed by atoms with van der Waals surface area (Å²) in [5, 5.41) is 4.30. The molecule has 0 N–H and O–H groups in total. The van der Waals surface area contributed by atoms with Crippen molar-refractivity contribution in [2.45, 2.75) is 27.7 Å². The molecule has 0 bridgehead atoms. The highest BCUT2D eigenvalue weighted by atomic mass is 15.3. The molecule has 1 aromatic carbocycles. The molecule has 0 atom stereocenters. The minimum atomic E-state index is 1.12. The molecule has 2 aromatic rings. The van der Waals surface area contributed by atoms with Crippen LogP contribution in [0.4, 0.5) is 0 Å². The smallest absolute Gasteiger partial charge is 0.0648 e. The average Bonchev–Trinajstić information content (AvgIpc) is 2.64. The molecule has 0 aliphatic carbocycles. The summed E-state index contributed by atoms with van der Waals surface area (Å²) < 4.78 is 1.95. The van der Waals surface area contributed by atoms with Crippen molar-refractivity contribution < 1.29 is 0 Å². The second-order valence-corrected chi connectivity index (χ2v) is 3.16. The van der Waals surface area contributed by atoms with Gasteiger partial charge in [-0.05, 0) is 31.5 Å². The Labute approximate surface area is 91.6 Å². The summed E-state index contributed by atoms with van der Waals surface area (Å²) in [6, 6.07) is 10.2. The summed E-state index contributed by atoms with van der Waals surface area (Å²) in [6.45, 7) is 8.15. The number of aromatic nitrogens is 2. The molecule has 1 aromatic heterocycles. The number of rotatable bonds is 1. The van der Waals surface area contributed by atoms with Gasteiger partial charge in [0.15, 0.2) is 0 Å². The summed E-state index contributed by atoms with van der Waals surface area (Å²) in [4.78, 5) is 0. The molecule has 2 nitrogen and oxygen atoms in total. The van der Waals surface area contributed by atoms with Gasteiger partial charge in [0.05, 0.1) is 11.9 Å². The van der Waals surface area contributed by atoms with Gasteiger partial charge >= 0.3 is 0 Å². The lowest BCUT2D eigenvalue weighted by atomic mass is 10.3. The summed E-state index contributed by atoms with van der Waals surface area (Å²) in [7, 11) is 0. The van der Waals surface area contributed by atoms with Crippen LogP contribution in [0.2, 0.25) is 0 Å². The molecule has 0 saturated heterocycles. The van der Waals surface area contributed by atoms with E-state index in [1.54, 1.807) is 0 Å². The van der Waals surface area contributed by atoms with Gasteiger partial charge in [-0.3, -0.25) is 0 Å². The van der Waals surface area contributed by atoms with E-state index >= 15 is 0 Å². The second kappa shape index (κ2) is 5.35. The van der Waals surface area contributed by atoms with Crippen LogP contribution in [0.25, 0.3) is 5.69 Å². The maximum absolute atomic E-state index is 4.30. The molecule has 80 valence electrons. The molecule has 0 fully saturated rings. The topological polar surface area (TPSA) is 17.8 Å². The highest BCUT2D eigenvalue weighted by Crippen LogP contribution is 2.11. The lowest BCUT2D eigenvalue weighted by molar-refractivity contribution is 0.846. The molecule has 0 aliphatic rings. The Morgan fingerprint density at radius 3 is 2.07 bits per heavy atom. The Morgan fingerprint density at radius 1 is 1.00 bits per heavy atom. The minimum Gasteiger partial charge on any atom is -0.238 e. The third-order valence-electron chi connectivity index (χ3n) is 2.26. The van der Waals surface area contributed by atoms with Crippen molar-refractivity contribution in [2.24, 2.45) is 0 Å². The molecule has 0 radical (unpaired) electrons. The Bertz CT molecular complexity index is 402. The number of hydrogen-bond acceptors (Lipinski definition) is 1. The van der Waals surface area contributed by atoms with E-state index in [1.807, 2.05) is 42.9 Å². The number of benzene rings is 1. The van der Waals surface area contributed by atoms with Gasteiger partial charge in [-0.25, -0.2) is 4.68 Å². The van der Waals surface area contributed by atoms with E-state index in [0.717, 1.165) is 5.69 Å². The minimum absolute atomic E-state index is 1.12. The summed E-state index contributed by atoms with van der Waals surface area (Å²) >= 11 is 0. The van der Waals surface area contributed by atoms with E-state index in [0.29, 0.717) is 0 Å². The monoisotopic (exact) mass is 202 g/mol. The van der Waals surface area contributed by atoms with Crippen molar-refractivity contribution in [1.29, 1.82) is 0 Å². The highest BCUT2D eigenvalue weighted by Gasteiger charge is 2.02. The first kappa shape index (κ1) is 11.5. The standard InChI is InChI=1S/C11H12N2.C2H6/c1-9-8-12-13(10(9)2)11-6-4-3-5-7-11;1-2/h3-8H,1-2H3;1-2H3.